The van der Waals surface area contributed by atoms with Crippen molar-refractivity contribution in [3.05, 3.63) is 48.5 Å². The van der Waals surface area contributed by atoms with Crippen molar-refractivity contribution in [1.29, 1.82) is 0 Å². The molecule has 9 nitrogen and oxygen atoms in total. The van der Waals surface area contributed by atoms with Gasteiger partial charge in [-0.25, -0.2) is 13.7 Å². The van der Waals surface area contributed by atoms with Gasteiger partial charge >= 0.3 is 0 Å². The Morgan fingerprint density at radius 3 is 2.52 bits per heavy atom. The fourth-order valence-electron chi connectivity index (χ4n) is 2.69. The summed E-state index contributed by atoms with van der Waals surface area (Å²) in [5.74, 6) is -0.643. The van der Waals surface area contributed by atoms with E-state index >= 15 is 0 Å². The quantitative estimate of drug-likeness (QED) is 0.153. The van der Waals surface area contributed by atoms with E-state index in [9.17, 15) is 18.6 Å². The van der Waals surface area contributed by atoms with Crippen LogP contribution in [0.1, 0.15) is 0 Å². The topological polar surface area (TPSA) is 146 Å². The maximum atomic E-state index is 12.1. The largest absolute Gasteiger partial charge is 0.507 e. The van der Waals surface area contributed by atoms with E-state index in [0.717, 1.165) is 0 Å². The third-order valence-electron chi connectivity index (χ3n) is 4.03. The molecular weight excluding hydrogens is 422 g/mol. The van der Waals surface area contributed by atoms with Crippen molar-refractivity contribution in [2.24, 2.45) is 0 Å². The number of nitrogens with one attached hydrogen (secondary N) is 1. The van der Waals surface area contributed by atoms with Gasteiger partial charge in [0.25, 0.3) is 0 Å². The predicted octanol–water partition coefficient (Wildman–Crippen LogP) is 3.19. The third-order valence-corrected chi connectivity index (χ3v) is 6.28. The van der Waals surface area contributed by atoms with E-state index in [1.54, 1.807) is 24.3 Å². The molecule has 0 radical (unpaired) electrons. The average molecular weight is 439 g/mol. The number of anilines is 2. The van der Waals surface area contributed by atoms with Gasteiger partial charge in [-0.1, -0.05) is 11.1 Å². The number of aliphatic hydroxyl groups is 1. The summed E-state index contributed by atoms with van der Waals surface area (Å²) in [6.07, 6.45) is 0. The zero-order chi connectivity index (χ0) is 21.0. The Morgan fingerprint density at radius 1 is 1.00 bits per heavy atom. The number of aliphatic hydroxyl groups excluding tert-OH is 1. The van der Waals surface area contributed by atoms with Gasteiger partial charge in [0, 0.05) is 16.0 Å². The molecule has 0 bridgehead atoms. The van der Waals surface area contributed by atoms with Gasteiger partial charge in [-0.15, -0.1) is 4.33 Å². The Balaban J connectivity index is 1.93. The van der Waals surface area contributed by atoms with E-state index in [0.29, 0.717) is 33.4 Å². The van der Waals surface area contributed by atoms with Crippen LogP contribution in [0.25, 0.3) is 10.8 Å². The first kappa shape index (κ1) is 21.2. The number of hydrogen-bond donors (Lipinski definition) is 5. The Labute approximate surface area is 170 Å². The molecule has 0 heterocycles. The van der Waals surface area contributed by atoms with Crippen LogP contribution in [0.15, 0.2) is 58.3 Å². The Morgan fingerprint density at radius 2 is 1.79 bits per heavy atom. The molecule has 154 valence electrons. The lowest BCUT2D eigenvalue weighted by molar-refractivity contribution is -0.432. The molecule has 0 aliphatic heterocycles. The van der Waals surface area contributed by atoms with Crippen LogP contribution in [0.4, 0.5) is 11.4 Å². The zero-order valence-electron chi connectivity index (χ0n) is 14.8. The minimum absolute atomic E-state index is 0.0387. The van der Waals surface area contributed by atoms with Gasteiger partial charge in [0.1, 0.15) is 11.5 Å². The van der Waals surface area contributed by atoms with Crippen molar-refractivity contribution in [3.63, 3.8) is 0 Å². The van der Waals surface area contributed by atoms with E-state index in [-0.39, 0.29) is 22.1 Å². The number of sulfone groups is 1. The number of fused-ring (bicyclic) bond motifs is 1. The van der Waals surface area contributed by atoms with Gasteiger partial charge in [-0.3, -0.25) is 0 Å². The first-order valence-electron chi connectivity index (χ1n) is 8.19. The van der Waals surface area contributed by atoms with Crippen molar-refractivity contribution < 1.29 is 38.4 Å². The zero-order valence-corrected chi connectivity index (χ0v) is 16.4. The van der Waals surface area contributed by atoms with Crippen LogP contribution >= 0.6 is 12.0 Å². The molecule has 0 fully saturated rings. The molecule has 11 heteroatoms. The highest BCUT2D eigenvalue weighted by molar-refractivity contribution is 7.94. The molecule has 3 aromatic carbocycles. The molecule has 0 aliphatic rings. The second kappa shape index (κ2) is 8.86. The van der Waals surface area contributed by atoms with Gasteiger partial charge in [0.15, 0.2) is 9.84 Å². The van der Waals surface area contributed by atoms with Gasteiger partial charge in [0.2, 0.25) is 0 Å². The van der Waals surface area contributed by atoms with Crippen molar-refractivity contribution in [3.8, 4) is 11.5 Å². The molecular formula is C18H17NO8S2. The molecule has 5 N–H and O–H groups in total. The number of phenols is 2. The van der Waals surface area contributed by atoms with Crippen LogP contribution < -0.4 is 5.32 Å². The summed E-state index contributed by atoms with van der Waals surface area (Å²) in [6, 6.07) is 11.9. The van der Waals surface area contributed by atoms with Crippen LogP contribution in [0, 0.1) is 0 Å². The van der Waals surface area contributed by atoms with Gasteiger partial charge < -0.3 is 20.6 Å². The van der Waals surface area contributed by atoms with Crippen LogP contribution in [0.2, 0.25) is 0 Å². The molecule has 3 rings (SSSR count). The molecule has 0 aliphatic carbocycles. The number of rotatable bonds is 8. The molecule has 0 aromatic heterocycles. The molecule has 0 amide bonds. The van der Waals surface area contributed by atoms with Crippen LogP contribution in [-0.4, -0.2) is 41.4 Å². The van der Waals surface area contributed by atoms with Crippen molar-refractivity contribution in [2.45, 2.75) is 9.79 Å². The maximum absolute atomic E-state index is 12.1. The lowest BCUT2D eigenvalue weighted by Crippen LogP contribution is -2.10. The van der Waals surface area contributed by atoms with Crippen molar-refractivity contribution in [2.75, 3.05) is 17.7 Å². The minimum atomic E-state index is -3.68. The summed E-state index contributed by atoms with van der Waals surface area (Å²) in [5, 5.41) is 45.1. The fraction of sp³-hybridized carbons (Fsp3) is 0.111. The Hall–Kier alpha value is -2.54. The van der Waals surface area contributed by atoms with Crippen molar-refractivity contribution >= 4 is 44.0 Å². The number of benzene rings is 3. The molecule has 0 unspecified atom stereocenters. The van der Waals surface area contributed by atoms with E-state index in [1.165, 1.54) is 24.3 Å². The second-order valence-electron chi connectivity index (χ2n) is 5.95. The average Bonchev–Trinajstić information content (AvgIpc) is 2.68. The molecule has 3 aromatic rings. The molecule has 0 spiro atoms. The lowest BCUT2D eigenvalue weighted by atomic mass is 10.1. The fourth-order valence-corrected chi connectivity index (χ4v) is 4.19. The van der Waals surface area contributed by atoms with E-state index < -0.39 is 22.2 Å². The van der Waals surface area contributed by atoms with Crippen molar-refractivity contribution in [1.82, 2.24) is 0 Å². The van der Waals surface area contributed by atoms with Gasteiger partial charge in [-0.2, -0.15) is 0 Å². The molecule has 0 saturated heterocycles. The van der Waals surface area contributed by atoms with Gasteiger partial charge in [0.05, 0.1) is 35.0 Å². The van der Waals surface area contributed by atoms with Crippen LogP contribution in [0.5, 0.6) is 11.5 Å². The number of aromatic hydroxyl groups is 2. The Kier molecular flexibility index (Phi) is 6.47. The highest BCUT2D eigenvalue weighted by atomic mass is 32.2. The number of phenolic OH excluding ortho intramolecular Hbond substituents is 2. The predicted molar refractivity (Wildman–Crippen MR) is 107 cm³/mol. The minimum Gasteiger partial charge on any atom is -0.507 e. The maximum Gasteiger partial charge on any atom is 0.180 e. The van der Waals surface area contributed by atoms with E-state index in [2.05, 4.69) is 14.7 Å². The van der Waals surface area contributed by atoms with Crippen LogP contribution in [0.3, 0.4) is 0 Å². The van der Waals surface area contributed by atoms with E-state index in [4.69, 9.17) is 10.4 Å². The SMILES string of the molecule is O=S(=O)(CCO)c1ccc(O)c(Nc2ccc3cc(SOOO)cc(O)c3c2)c1. The van der Waals surface area contributed by atoms with Gasteiger partial charge in [-0.05, 0) is 47.9 Å². The van der Waals surface area contributed by atoms with Crippen LogP contribution in [-0.2, 0) is 19.2 Å². The first-order chi connectivity index (χ1) is 13.8. The summed E-state index contributed by atoms with van der Waals surface area (Å²) >= 11 is 0.710. The highest BCUT2D eigenvalue weighted by Gasteiger charge is 2.16. The Bertz CT molecular complexity index is 1130. The van der Waals surface area contributed by atoms with E-state index in [1.807, 2.05) is 0 Å². The summed E-state index contributed by atoms with van der Waals surface area (Å²) in [7, 11) is -3.68. The smallest absolute Gasteiger partial charge is 0.180 e. The summed E-state index contributed by atoms with van der Waals surface area (Å²) in [5.41, 5.74) is 0.652. The molecule has 0 atom stereocenters. The standard InChI is InChI=1S/C18H17NO8S2/c20-5-6-29(24,25)14-3-4-17(21)16(10-14)19-12-2-1-11-7-13(28-27-26-23)9-18(22)15(11)8-12/h1-4,7-10,19-23H,5-6H2. The summed E-state index contributed by atoms with van der Waals surface area (Å²) in [4.78, 5) is 0.451. The normalized spacial score (nSPS) is 11.7. The third kappa shape index (κ3) is 4.90. The summed E-state index contributed by atoms with van der Waals surface area (Å²) < 4.78 is 28.6. The number of hydrogen-bond acceptors (Lipinski definition) is 10. The lowest BCUT2D eigenvalue weighted by Gasteiger charge is -2.12. The second-order valence-corrected chi connectivity index (χ2v) is 8.83. The monoisotopic (exact) mass is 439 g/mol. The molecule has 29 heavy (non-hydrogen) atoms. The molecule has 0 saturated carbocycles. The highest BCUT2D eigenvalue weighted by Crippen LogP contribution is 2.35. The summed E-state index contributed by atoms with van der Waals surface area (Å²) in [6.45, 7) is -0.508. The first-order valence-corrected chi connectivity index (χ1v) is 10.6.